The molecule has 0 saturated heterocycles. The number of benzene rings is 2. The molecule has 0 fully saturated rings. The summed E-state index contributed by atoms with van der Waals surface area (Å²) in [6.07, 6.45) is 3.52. The molecule has 0 bridgehead atoms. The molecule has 1 N–H and O–H groups in total. The first-order valence-electron chi connectivity index (χ1n) is 9.15. The predicted molar refractivity (Wildman–Crippen MR) is 102 cm³/mol. The van der Waals surface area contributed by atoms with Gasteiger partial charge in [-0.05, 0) is 61.4 Å². The van der Waals surface area contributed by atoms with E-state index in [1.807, 2.05) is 42.5 Å². The lowest BCUT2D eigenvalue weighted by Crippen LogP contribution is -2.43. The van der Waals surface area contributed by atoms with Crippen LogP contribution >= 0.6 is 0 Å². The van der Waals surface area contributed by atoms with Gasteiger partial charge >= 0.3 is 5.97 Å². The minimum atomic E-state index is -0.640. The summed E-state index contributed by atoms with van der Waals surface area (Å²) in [4.78, 5) is 36.2. The quantitative estimate of drug-likeness (QED) is 0.766. The highest BCUT2D eigenvalue weighted by Crippen LogP contribution is 2.23. The van der Waals surface area contributed by atoms with Gasteiger partial charge in [-0.25, -0.2) is 4.79 Å². The molecule has 5 heteroatoms. The van der Waals surface area contributed by atoms with Crippen LogP contribution in [0.1, 0.15) is 40.4 Å². The van der Waals surface area contributed by atoms with Crippen LogP contribution in [0.4, 0.5) is 0 Å². The molecular formula is C22H23NO4. The SMILES string of the molecule is CC(=O)[C@H](Cc1ccccc1)NC(=O)COC(=O)c1ccc2c(c1)CCC2. The van der Waals surface area contributed by atoms with E-state index in [0.717, 1.165) is 24.8 Å². The third kappa shape index (κ3) is 5.03. The number of amides is 1. The maximum Gasteiger partial charge on any atom is 0.338 e. The second-order valence-corrected chi connectivity index (χ2v) is 6.83. The Morgan fingerprint density at radius 2 is 1.78 bits per heavy atom. The Hall–Kier alpha value is -2.95. The van der Waals surface area contributed by atoms with Gasteiger partial charge in [0.05, 0.1) is 11.6 Å². The van der Waals surface area contributed by atoms with Gasteiger partial charge in [0.25, 0.3) is 5.91 Å². The van der Waals surface area contributed by atoms with Gasteiger partial charge in [0.1, 0.15) is 0 Å². The third-order valence-electron chi connectivity index (χ3n) is 4.78. The average Bonchev–Trinajstić information content (AvgIpc) is 3.14. The van der Waals surface area contributed by atoms with Crippen LogP contribution in [-0.4, -0.2) is 30.3 Å². The fourth-order valence-electron chi connectivity index (χ4n) is 3.30. The fraction of sp³-hybridized carbons (Fsp3) is 0.318. The van der Waals surface area contributed by atoms with E-state index in [0.29, 0.717) is 12.0 Å². The van der Waals surface area contributed by atoms with Gasteiger partial charge in [-0.3, -0.25) is 9.59 Å². The molecule has 3 rings (SSSR count). The molecule has 1 atom stereocenters. The van der Waals surface area contributed by atoms with Gasteiger partial charge in [0.15, 0.2) is 12.4 Å². The standard InChI is InChI=1S/C22H23NO4/c1-15(24)20(12-16-6-3-2-4-7-16)23-21(25)14-27-22(26)19-11-10-17-8-5-9-18(17)13-19/h2-4,6-7,10-11,13,20H,5,8-9,12,14H2,1H3,(H,23,25)/t20-/m0/s1. The van der Waals surface area contributed by atoms with Crippen molar-refractivity contribution in [3.8, 4) is 0 Å². The van der Waals surface area contributed by atoms with E-state index in [4.69, 9.17) is 4.74 Å². The van der Waals surface area contributed by atoms with Crippen molar-refractivity contribution in [2.75, 3.05) is 6.61 Å². The summed E-state index contributed by atoms with van der Waals surface area (Å²) in [5, 5.41) is 2.65. The summed E-state index contributed by atoms with van der Waals surface area (Å²) in [7, 11) is 0. The van der Waals surface area contributed by atoms with Gasteiger partial charge in [-0.15, -0.1) is 0 Å². The largest absolute Gasteiger partial charge is 0.452 e. The van der Waals surface area contributed by atoms with Gasteiger partial charge < -0.3 is 10.1 Å². The summed E-state index contributed by atoms with van der Waals surface area (Å²) in [6, 6.07) is 14.3. The zero-order valence-corrected chi connectivity index (χ0v) is 15.4. The van der Waals surface area contributed by atoms with Gasteiger partial charge in [-0.1, -0.05) is 36.4 Å². The molecule has 1 aliphatic carbocycles. The molecule has 140 valence electrons. The van der Waals surface area contributed by atoms with Gasteiger partial charge in [-0.2, -0.15) is 0 Å². The molecule has 27 heavy (non-hydrogen) atoms. The number of ether oxygens (including phenoxy) is 1. The second-order valence-electron chi connectivity index (χ2n) is 6.83. The zero-order chi connectivity index (χ0) is 19.2. The summed E-state index contributed by atoms with van der Waals surface area (Å²) in [5.74, 6) is -1.15. The number of rotatable bonds is 7. The number of hydrogen-bond acceptors (Lipinski definition) is 4. The number of fused-ring (bicyclic) bond motifs is 1. The minimum Gasteiger partial charge on any atom is -0.452 e. The van der Waals surface area contributed by atoms with Crippen LogP contribution in [0.25, 0.3) is 0 Å². The van der Waals surface area contributed by atoms with Gasteiger partial charge in [0.2, 0.25) is 0 Å². The summed E-state index contributed by atoms with van der Waals surface area (Å²) >= 11 is 0. The predicted octanol–water partition coefficient (Wildman–Crippen LogP) is 2.65. The maximum absolute atomic E-state index is 12.2. The molecule has 0 unspecified atom stereocenters. The van der Waals surface area contributed by atoms with Crippen LogP contribution in [0.2, 0.25) is 0 Å². The number of aryl methyl sites for hydroxylation is 2. The zero-order valence-electron chi connectivity index (χ0n) is 15.4. The van der Waals surface area contributed by atoms with Crippen molar-refractivity contribution >= 4 is 17.7 Å². The molecule has 0 aliphatic heterocycles. The molecule has 5 nitrogen and oxygen atoms in total. The summed E-state index contributed by atoms with van der Waals surface area (Å²) < 4.78 is 5.12. The molecule has 0 saturated carbocycles. The first kappa shape index (κ1) is 18.8. The van der Waals surface area contributed by atoms with Crippen molar-refractivity contribution < 1.29 is 19.1 Å². The van der Waals surface area contributed by atoms with E-state index < -0.39 is 24.5 Å². The summed E-state index contributed by atoms with van der Waals surface area (Å²) in [6.45, 7) is 1.03. The fourth-order valence-corrected chi connectivity index (χ4v) is 3.30. The Bertz CT molecular complexity index is 845. The van der Waals surface area contributed by atoms with E-state index in [1.54, 1.807) is 6.07 Å². The van der Waals surface area contributed by atoms with Crippen molar-refractivity contribution in [1.29, 1.82) is 0 Å². The van der Waals surface area contributed by atoms with Crippen molar-refractivity contribution in [3.05, 3.63) is 70.8 Å². The number of carbonyl (C=O) groups excluding carboxylic acids is 3. The molecule has 0 radical (unpaired) electrons. The smallest absolute Gasteiger partial charge is 0.338 e. The van der Waals surface area contributed by atoms with E-state index >= 15 is 0 Å². The summed E-state index contributed by atoms with van der Waals surface area (Å²) in [5.41, 5.74) is 3.85. The van der Waals surface area contributed by atoms with Crippen LogP contribution in [-0.2, 0) is 33.6 Å². The molecule has 0 spiro atoms. The van der Waals surface area contributed by atoms with Crippen molar-refractivity contribution in [1.82, 2.24) is 5.32 Å². The van der Waals surface area contributed by atoms with Crippen LogP contribution in [0, 0.1) is 0 Å². The topological polar surface area (TPSA) is 72.5 Å². The molecule has 2 aromatic carbocycles. The number of ketones is 1. The number of hydrogen-bond donors (Lipinski definition) is 1. The number of nitrogens with one attached hydrogen (secondary N) is 1. The highest BCUT2D eigenvalue weighted by molar-refractivity contribution is 5.93. The highest BCUT2D eigenvalue weighted by atomic mass is 16.5. The number of Topliss-reactive ketones (excluding diaryl/α,β-unsaturated/α-hetero) is 1. The average molecular weight is 365 g/mol. The maximum atomic E-state index is 12.2. The van der Waals surface area contributed by atoms with E-state index in [-0.39, 0.29) is 5.78 Å². The molecule has 2 aromatic rings. The van der Waals surface area contributed by atoms with Crippen molar-refractivity contribution in [3.63, 3.8) is 0 Å². The lowest BCUT2D eigenvalue weighted by molar-refractivity contribution is -0.128. The Morgan fingerprint density at radius 3 is 2.52 bits per heavy atom. The molecule has 1 aliphatic rings. The minimum absolute atomic E-state index is 0.142. The molecule has 0 heterocycles. The van der Waals surface area contributed by atoms with E-state index in [9.17, 15) is 14.4 Å². The lowest BCUT2D eigenvalue weighted by Gasteiger charge is -2.16. The molecule has 1 amide bonds. The first-order valence-corrected chi connectivity index (χ1v) is 9.15. The van der Waals surface area contributed by atoms with Crippen LogP contribution in [0.3, 0.4) is 0 Å². The molecular weight excluding hydrogens is 342 g/mol. The normalized spacial score (nSPS) is 13.5. The highest BCUT2D eigenvalue weighted by Gasteiger charge is 2.19. The van der Waals surface area contributed by atoms with Crippen molar-refractivity contribution in [2.24, 2.45) is 0 Å². The second kappa shape index (κ2) is 8.62. The Morgan fingerprint density at radius 1 is 1.04 bits per heavy atom. The van der Waals surface area contributed by atoms with Crippen LogP contribution < -0.4 is 5.32 Å². The molecule has 0 aromatic heterocycles. The van der Waals surface area contributed by atoms with Gasteiger partial charge in [0, 0.05) is 0 Å². The third-order valence-corrected chi connectivity index (χ3v) is 4.78. The van der Waals surface area contributed by atoms with Crippen LogP contribution in [0.15, 0.2) is 48.5 Å². The number of carbonyl (C=O) groups is 3. The van der Waals surface area contributed by atoms with Crippen molar-refractivity contribution in [2.45, 2.75) is 38.6 Å². The lowest BCUT2D eigenvalue weighted by atomic mass is 10.0. The number of esters is 1. The Balaban J connectivity index is 1.53. The van der Waals surface area contributed by atoms with E-state index in [2.05, 4.69) is 5.32 Å². The Kier molecular flexibility index (Phi) is 6.01. The Labute approximate surface area is 158 Å². The van der Waals surface area contributed by atoms with E-state index in [1.165, 1.54) is 18.1 Å². The van der Waals surface area contributed by atoms with Crippen LogP contribution in [0.5, 0.6) is 0 Å². The monoisotopic (exact) mass is 365 g/mol. The first-order chi connectivity index (χ1) is 13.0.